The molecule has 0 aliphatic carbocycles. The molecule has 2 amide bonds. The third-order valence-corrected chi connectivity index (χ3v) is 3.92. The van der Waals surface area contributed by atoms with Crippen LogP contribution in [-0.2, 0) is 10.8 Å². The first-order valence-electron chi connectivity index (χ1n) is 5.00. The Labute approximate surface area is 87.5 Å². The van der Waals surface area contributed by atoms with Gasteiger partial charge in [0.25, 0.3) is 0 Å². The highest BCUT2D eigenvalue weighted by atomic mass is 32.2. The molecule has 1 saturated heterocycles. The first-order valence-corrected chi connectivity index (χ1v) is 6.49. The van der Waals surface area contributed by atoms with Crippen LogP contribution in [0.3, 0.4) is 0 Å². The average Bonchev–Trinajstić information content (AvgIpc) is 2.20. The summed E-state index contributed by atoms with van der Waals surface area (Å²) < 4.78 is 11.1. The van der Waals surface area contributed by atoms with E-state index >= 15 is 0 Å². The van der Waals surface area contributed by atoms with Gasteiger partial charge in [0, 0.05) is 41.9 Å². The molecule has 14 heavy (non-hydrogen) atoms. The van der Waals surface area contributed by atoms with Gasteiger partial charge >= 0.3 is 6.03 Å². The van der Waals surface area contributed by atoms with Gasteiger partial charge in [-0.15, -0.1) is 0 Å². The Bertz CT molecular complexity index is 223. The van der Waals surface area contributed by atoms with Crippen LogP contribution in [0.15, 0.2) is 0 Å². The Morgan fingerprint density at radius 3 is 2.57 bits per heavy atom. The lowest BCUT2D eigenvalue weighted by atomic mass is 10.2. The maximum atomic E-state index is 11.5. The van der Waals surface area contributed by atoms with E-state index in [-0.39, 0.29) is 12.1 Å². The highest BCUT2D eigenvalue weighted by Gasteiger charge is 2.20. The molecule has 1 aliphatic heterocycles. The summed E-state index contributed by atoms with van der Waals surface area (Å²) in [4.78, 5) is 13.1. The number of hydrogen-bond acceptors (Lipinski definition) is 2. The molecule has 0 spiro atoms. The smallest absolute Gasteiger partial charge is 0.317 e. The van der Waals surface area contributed by atoms with E-state index in [1.165, 1.54) is 0 Å². The molecule has 0 aromatic carbocycles. The van der Waals surface area contributed by atoms with Crippen molar-refractivity contribution in [2.45, 2.75) is 25.8 Å². The third-order valence-electron chi connectivity index (χ3n) is 2.54. The van der Waals surface area contributed by atoms with E-state index in [1.807, 2.05) is 6.92 Å². The lowest BCUT2D eigenvalue weighted by molar-refractivity contribution is 0.206. The van der Waals surface area contributed by atoms with Gasteiger partial charge in [0.05, 0.1) is 0 Å². The number of carbonyl (C=O) groups excluding carboxylic acids is 1. The maximum absolute atomic E-state index is 11.5. The molecule has 0 atom stereocenters. The van der Waals surface area contributed by atoms with E-state index in [0.717, 1.165) is 24.3 Å². The van der Waals surface area contributed by atoms with Gasteiger partial charge in [0.15, 0.2) is 0 Å². The minimum absolute atomic E-state index is 0.0230. The van der Waals surface area contributed by atoms with Crippen LogP contribution in [-0.4, -0.2) is 46.3 Å². The summed E-state index contributed by atoms with van der Waals surface area (Å²) in [6.45, 7) is 2.65. The first kappa shape index (κ1) is 11.5. The highest BCUT2D eigenvalue weighted by Crippen LogP contribution is 2.09. The summed E-state index contributed by atoms with van der Waals surface area (Å²) in [5, 5.41) is 2.94. The van der Waals surface area contributed by atoms with Gasteiger partial charge < -0.3 is 10.2 Å². The van der Waals surface area contributed by atoms with Gasteiger partial charge in [0.1, 0.15) is 0 Å². The summed E-state index contributed by atoms with van der Waals surface area (Å²) in [6.07, 6.45) is 1.69. The maximum Gasteiger partial charge on any atom is 0.317 e. The van der Waals surface area contributed by atoms with Crippen LogP contribution in [0, 0.1) is 0 Å². The summed E-state index contributed by atoms with van der Waals surface area (Å²) in [5.74, 6) is 1.45. The number of rotatable bonds is 2. The second-order valence-corrected chi connectivity index (χ2v) is 5.28. The molecule has 0 bridgehead atoms. The Morgan fingerprint density at radius 1 is 1.50 bits per heavy atom. The Balaban J connectivity index is 2.30. The SMILES string of the molecule is CCN(C)C(=O)NC1CCS(=O)CC1. The second-order valence-electron chi connectivity index (χ2n) is 3.59. The van der Waals surface area contributed by atoms with Crippen molar-refractivity contribution in [3.05, 3.63) is 0 Å². The topological polar surface area (TPSA) is 49.4 Å². The molecule has 1 N–H and O–H groups in total. The van der Waals surface area contributed by atoms with Crippen LogP contribution >= 0.6 is 0 Å². The van der Waals surface area contributed by atoms with Crippen molar-refractivity contribution in [3.8, 4) is 0 Å². The van der Waals surface area contributed by atoms with Gasteiger partial charge in [-0.05, 0) is 19.8 Å². The van der Waals surface area contributed by atoms with Crippen LogP contribution < -0.4 is 5.32 Å². The fraction of sp³-hybridized carbons (Fsp3) is 0.889. The zero-order valence-corrected chi connectivity index (χ0v) is 9.60. The van der Waals surface area contributed by atoms with Crippen LogP contribution in [0.25, 0.3) is 0 Å². The zero-order chi connectivity index (χ0) is 10.6. The van der Waals surface area contributed by atoms with Crippen LogP contribution in [0.5, 0.6) is 0 Å². The normalized spacial score (nSPS) is 27.0. The molecule has 1 aliphatic rings. The fourth-order valence-corrected chi connectivity index (χ4v) is 2.67. The third kappa shape index (κ3) is 3.29. The lowest BCUT2D eigenvalue weighted by Gasteiger charge is -2.25. The first-order chi connectivity index (χ1) is 6.63. The Morgan fingerprint density at radius 2 is 2.07 bits per heavy atom. The number of hydrogen-bond donors (Lipinski definition) is 1. The fourth-order valence-electron chi connectivity index (χ4n) is 1.37. The molecular weight excluding hydrogens is 200 g/mol. The molecule has 4 nitrogen and oxygen atoms in total. The quantitative estimate of drug-likeness (QED) is 0.736. The van der Waals surface area contributed by atoms with E-state index in [0.29, 0.717) is 6.54 Å². The number of urea groups is 1. The standard InChI is InChI=1S/C9H18N2O2S/c1-3-11(2)9(12)10-8-4-6-14(13)7-5-8/h8H,3-7H2,1-2H3,(H,10,12). The lowest BCUT2D eigenvalue weighted by Crippen LogP contribution is -2.45. The van der Waals surface area contributed by atoms with E-state index in [9.17, 15) is 9.00 Å². The average molecular weight is 218 g/mol. The van der Waals surface area contributed by atoms with Gasteiger partial charge in [-0.3, -0.25) is 4.21 Å². The van der Waals surface area contributed by atoms with Crippen molar-refractivity contribution in [1.82, 2.24) is 10.2 Å². The molecule has 0 aromatic heterocycles. The van der Waals surface area contributed by atoms with Crippen molar-refractivity contribution in [2.24, 2.45) is 0 Å². The predicted octanol–water partition coefficient (Wildman–Crippen LogP) is 0.559. The predicted molar refractivity (Wildman–Crippen MR) is 57.7 cm³/mol. The number of nitrogens with zero attached hydrogens (tertiary/aromatic N) is 1. The van der Waals surface area contributed by atoms with E-state index in [2.05, 4.69) is 5.32 Å². The van der Waals surface area contributed by atoms with Crippen molar-refractivity contribution >= 4 is 16.8 Å². The molecule has 0 aromatic rings. The Hall–Kier alpha value is -0.580. The number of amides is 2. The summed E-state index contributed by atoms with van der Waals surface area (Å²) in [5.41, 5.74) is 0. The van der Waals surface area contributed by atoms with Gasteiger partial charge in [0.2, 0.25) is 0 Å². The minimum atomic E-state index is -0.653. The number of carbonyl (C=O) groups is 1. The van der Waals surface area contributed by atoms with Gasteiger partial charge in [-0.2, -0.15) is 0 Å². The second kappa shape index (κ2) is 5.34. The van der Waals surface area contributed by atoms with Crippen molar-refractivity contribution in [1.29, 1.82) is 0 Å². The molecule has 0 unspecified atom stereocenters. The molecule has 1 fully saturated rings. The van der Waals surface area contributed by atoms with Crippen molar-refractivity contribution in [3.63, 3.8) is 0 Å². The van der Waals surface area contributed by atoms with Crippen LogP contribution in [0.2, 0.25) is 0 Å². The Kier molecular flexibility index (Phi) is 4.38. The van der Waals surface area contributed by atoms with E-state index in [1.54, 1.807) is 11.9 Å². The van der Waals surface area contributed by atoms with E-state index in [4.69, 9.17) is 0 Å². The van der Waals surface area contributed by atoms with Crippen molar-refractivity contribution < 1.29 is 9.00 Å². The molecule has 82 valence electrons. The summed E-state index contributed by atoms with van der Waals surface area (Å²) >= 11 is 0. The number of nitrogens with one attached hydrogen (secondary N) is 1. The molecule has 1 heterocycles. The highest BCUT2D eigenvalue weighted by molar-refractivity contribution is 7.85. The largest absolute Gasteiger partial charge is 0.335 e. The summed E-state index contributed by atoms with van der Waals surface area (Å²) in [6, 6.07) is 0.194. The summed E-state index contributed by atoms with van der Waals surface area (Å²) in [7, 11) is 1.12. The van der Waals surface area contributed by atoms with Gasteiger partial charge in [-0.25, -0.2) is 4.79 Å². The molecular formula is C9H18N2O2S. The van der Waals surface area contributed by atoms with E-state index < -0.39 is 10.8 Å². The molecule has 5 heteroatoms. The molecule has 0 radical (unpaired) electrons. The zero-order valence-electron chi connectivity index (χ0n) is 8.78. The molecule has 0 saturated carbocycles. The van der Waals surface area contributed by atoms with Crippen LogP contribution in [0.1, 0.15) is 19.8 Å². The molecule has 1 rings (SSSR count). The minimum Gasteiger partial charge on any atom is -0.335 e. The monoisotopic (exact) mass is 218 g/mol. The van der Waals surface area contributed by atoms with Gasteiger partial charge in [-0.1, -0.05) is 0 Å². The van der Waals surface area contributed by atoms with Crippen molar-refractivity contribution in [2.75, 3.05) is 25.1 Å². The van der Waals surface area contributed by atoms with Crippen LogP contribution in [0.4, 0.5) is 4.79 Å².